The third-order valence-electron chi connectivity index (χ3n) is 3.39. The summed E-state index contributed by atoms with van der Waals surface area (Å²) in [5, 5.41) is 5.78. The summed E-state index contributed by atoms with van der Waals surface area (Å²) >= 11 is 3.10. The van der Waals surface area contributed by atoms with Gasteiger partial charge in [0.25, 0.3) is 0 Å². The first-order chi connectivity index (χ1) is 11.2. The molecule has 0 radical (unpaired) electrons. The van der Waals surface area contributed by atoms with Crippen molar-refractivity contribution in [1.82, 2.24) is 14.9 Å². The molecule has 3 aromatic rings. The number of hydrogen-bond donors (Lipinski definition) is 1. The summed E-state index contributed by atoms with van der Waals surface area (Å²) in [5.74, 6) is 0.387. The number of nitrogens with zero attached hydrogens (tertiary/aromatic N) is 2. The number of rotatable bonds is 6. The van der Waals surface area contributed by atoms with Crippen LogP contribution in [0.25, 0.3) is 11.3 Å². The summed E-state index contributed by atoms with van der Waals surface area (Å²) in [6, 6.07) is 14.1. The molecule has 118 valence electrons. The predicted molar refractivity (Wildman–Crippen MR) is 95.5 cm³/mol. The molecule has 1 amide bonds. The van der Waals surface area contributed by atoms with Crippen LogP contribution >= 0.6 is 23.1 Å². The van der Waals surface area contributed by atoms with E-state index in [1.165, 1.54) is 11.8 Å². The summed E-state index contributed by atoms with van der Waals surface area (Å²) in [6.07, 6.45) is 1.85. The number of thioether (sulfide) groups is 1. The van der Waals surface area contributed by atoms with Gasteiger partial charge >= 0.3 is 0 Å². The van der Waals surface area contributed by atoms with Gasteiger partial charge in [-0.25, -0.2) is 4.98 Å². The minimum atomic E-state index is 0.0210. The van der Waals surface area contributed by atoms with Crippen LogP contribution in [0.1, 0.15) is 4.88 Å². The zero-order chi connectivity index (χ0) is 16.1. The van der Waals surface area contributed by atoms with E-state index in [0.29, 0.717) is 12.3 Å². The maximum atomic E-state index is 11.9. The zero-order valence-corrected chi connectivity index (χ0v) is 14.4. The average Bonchev–Trinajstić information content (AvgIpc) is 3.22. The molecule has 0 bridgehead atoms. The van der Waals surface area contributed by atoms with Gasteiger partial charge in [-0.3, -0.25) is 4.79 Å². The van der Waals surface area contributed by atoms with Crippen molar-refractivity contribution in [2.45, 2.75) is 11.7 Å². The first kappa shape index (κ1) is 15.8. The smallest absolute Gasteiger partial charge is 0.230 e. The fourth-order valence-electron chi connectivity index (χ4n) is 2.18. The number of nitrogens with one attached hydrogen (secondary N) is 1. The molecule has 0 saturated carbocycles. The quantitative estimate of drug-likeness (QED) is 0.696. The van der Waals surface area contributed by atoms with Crippen molar-refractivity contribution >= 4 is 29.0 Å². The molecule has 23 heavy (non-hydrogen) atoms. The van der Waals surface area contributed by atoms with Gasteiger partial charge in [0.2, 0.25) is 5.91 Å². The van der Waals surface area contributed by atoms with Gasteiger partial charge in [-0.05, 0) is 17.0 Å². The van der Waals surface area contributed by atoms with Crippen molar-refractivity contribution in [1.29, 1.82) is 0 Å². The van der Waals surface area contributed by atoms with Crippen molar-refractivity contribution in [3.63, 3.8) is 0 Å². The monoisotopic (exact) mass is 343 g/mol. The third kappa shape index (κ3) is 4.03. The second kappa shape index (κ2) is 7.48. The Bertz CT molecular complexity index is 767. The molecule has 0 atom stereocenters. The molecule has 0 spiro atoms. The highest BCUT2D eigenvalue weighted by Crippen LogP contribution is 2.24. The van der Waals surface area contributed by atoms with E-state index in [9.17, 15) is 4.79 Å². The average molecular weight is 343 g/mol. The van der Waals surface area contributed by atoms with Crippen molar-refractivity contribution in [3.8, 4) is 11.3 Å². The molecule has 2 heterocycles. The number of aromatic nitrogens is 2. The minimum Gasteiger partial charge on any atom is -0.350 e. The molecular formula is C17H17N3OS2. The number of amides is 1. The van der Waals surface area contributed by atoms with Crippen LogP contribution in [0.15, 0.2) is 59.2 Å². The Morgan fingerprint density at radius 1 is 1.26 bits per heavy atom. The van der Waals surface area contributed by atoms with E-state index in [4.69, 9.17) is 0 Å². The molecule has 0 aliphatic heterocycles. The van der Waals surface area contributed by atoms with Crippen LogP contribution in [0.4, 0.5) is 0 Å². The Morgan fingerprint density at radius 3 is 2.83 bits per heavy atom. The number of imidazole rings is 1. The van der Waals surface area contributed by atoms with Crippen LogP contribution in [0.2, 0.25) is 0 Å². The maximum absolute atomic E-state index is 11.9. The van der Waals surface area contributed by atoms with Crippen LogP contribution in [0, 0.1) is 0 Å². The third-order valence-corrected chi connectivity index (χ3v) is 5.31. The molecule has 3 rings (SSSR count). The normalized spacial score (nSPS) is 10.7. The van der Waals surface area contributed by atoms with E-state index < -0.39 is 0 Å². The van der Waals surface area contributed by atoms with Gasteiger partial charge in [-0.15, -0.1) is 11.3 Å². The fraction of sp³-hybridized carbons (Fsp3) is 0.176. The van der Waals surface area contributed by atoms with E-state index in [-0.39, 0.29) is 5.91 Å². The molecule has 4 nitrogen and oxygen atoms in total. The standard InChI is InChI=1S/C17H17N3OS2/c1-20-15(13-6-3-2-4-7-13)11-19-17(20)23-12-16(21)18-10-14-8-5-9-22-14/h2-9,11H,10,12H2,1H3,(H,18,21). The Balaban J connectivity index is 1.56. The number of benzene rings is 1. The number of carbonyl (C=O) groups excluding carboxylic acids is 1. The summed E-state index contributed by atoms with van der Waals surface area (Å²) in [4.78, 5) is 17.5. The van der Waals surface area contributed by atoms with Crippen LogP contribution in [0.5, 0.6) is 0 Å². The van der Waals surface area contributed by atoms with E-state index >= 15 is 0 Å². The predicted octanol–water partition coefficient (Wildman–Crippen LogP) is 3.56. The molecular weight excluding hydrogens is 326 g/mol. The van der Waals surface area contributed by atoms with Gasteiger partial charge in [0, 0.05) is 11.9 Å². The van der Waals surface area contributed by atoms with Crippen molar-refractivity contribution in [2.75, 3.05) is 5.75 Å². The van der Waals surface area contributed by atoms with Crippen molar-refractivity contribution in [3.05, 3.63) is 58.9 Å². The van der Waals surface area contributed by atoms with Gasteiger partial charge in [0.1, 0.15) is 0 Å². The molecule has 1 aromatic carbocycles. The largest absolute Gasteiger partial charge is 0.350 e. The summed E-state index contributed by atoms with van der Waals surface area (Å²) in [6.45, 7) is 0.590. The molecule has 2 aromatic heterocycles. The number of carbonyl (C=O) groups is 1. The van der Waals surface area contributed by atoms with Gasteiger partial charge in [-0.1, -0.05) is 48.2 Å². The zero-order valence-electron chi connectivity index (χ0n) is 12.7. The topological polar surface area (TPSA) is 46.9 Å². The van der Waals surface area contributed by atoms with Crippen LogP contribution in [-0.4, -0.2) is 21.2 Å². The van der Waals surface area contributed by atoms with Crippen molar-refractivity contribution in [2.24, 2.45) is 7.05 Å². The Kier molecular flexibility index (Phi) is 5.15. The number of thiophene rings is 1. The lowest BCUT2D eigenvalue weighted by Crippen LogP contribution is -2.24. The van der Waals surface area contributed by atoms with Gasteiger partial charge in [0.15, 0.2) is 5.16 Å². The Labute approximate surface area is 143 Å². The SMILES string of the molecule is Cn1c(-c2ccccc2)cnc1SCC(=O)NCc1cccs1. The molecule has 0 saturated heterocycles. The summed E-state index contributed by atoms with van der Waals surface area (Å²) < 4.78 is 2.02. The maximum Gasteiger partial charge on any atom is 0.230 e. The summed E-state index contributed by atoms with van der Waals surface area (Å²) in [5.41, 5.74) is 2.17. The van der Waals surface area contributed by atoms with Gasteiger partial charge in [-0.2, -0.15) is 0 Å². The highest BCUT2D eigenvalue weighted by atomic mass is 32.2. The van der Waals surface area contributed by atoms with E-state index in [1.807, 2.05) is 53.5 Å². The molecule has 6 heteroatoms. The molecule has 1 N–H and O–H groups in total. The highest BCUT2D eigenvalue weighted by molar-refractivity contribution is 7.99. The van der Waals surface area contributed by atoms with Crippen LogP contribution < -0.4 is 5.32 Å². The lowest BCUT2D eigenvalue weighted by molar-refractivity contribution is -0.118. The molecule has 0 aliphatic rings. The van der Waals surface area contributed by atoms with Crippen LogP contribution in [-0.2, 0) is 18.4 Å². The lowest BCUT2D eigenvalue weighted by atomic mass is 10.2. The first-order valence-electron chi connectivity index (χ1n) is 7.23. The van der Waals surface area contributed by atoms with E-state index in [2.05, 4.69) is 22.4 Å². The fourth-order valence-corrected chi connectivity index (χ4v) is 3.61. The molecule has 0 fully saturated rings. The lowest BCUT2D eigenvalue weighted by Gasteiger charge is -2.06. The van der Waals surface area contributed by atoms with Gasteiger partial charge in [0.05, 0.1) is 24.2 Å². The Morgan fingerprint density at radius 2 is 2.09 bits per heavy atom. The molecule has 0 aliphatic carbocycles. The summed E-state index contributed by atoms with van der Waals surface area (Å²) in [7, 11) is 1.97. The first-order valence-corrected chi connectivity index (χ1v) is 9.09. The van der Waals surface area contributed by atoms with Gasteiger partial charge < -0.3 is 9.88 Å². The Hall–Kier alpha value is -2.05. The second-order valence-electron chi connectivity index (χ2n) is 5.00. The highest BCUT2D eigenvalue weighted by Gasteiger charge is 2.11. The minimum absolute atomic E-state index is 0.0210. The van der Waals surface area contributed by atoms with Crippen molar-refractivity contribution < 1.29 is 4.79 Å². The second-order valence-corrected chi connectivity index (χ2v) is 6.97. The van der Waals surface area contributed by atoms with Crippen LogP contribution in [0.3, 0.4) is 0 Å². The van der Waals surface area contributed by atoms with E-state index in [1.54, 1.807) is 11.3 Å². The van der Waals surface area contributed by atoms with E-state index in [0.717, 1.165) is 21.3 Å². The molecule has 0 unspecified atom stereocenters. The number of hydrogen-bond acceptors (Lipinski definition) is 4.